The number of nitrogens with one attached hydrogen (secondary N) is 1. The van der Waals surface area contributed by atoms with Crippen molar-refractivity contribution in [2.24, 2.45) is 5.92 Å². The Morgan fingerprint density at radius 3 is 2.57 bits per heavy atom. The summed E-state index contributed by atoms with van der Waals surface area (Å²) in [5.41, 5.74) is 0. The summed E-state index contributed by atoms with van der Waals surface area (Å²) in [6, 6.07) is 2.08. The van der Waals surface area contributed by atoms with Crippen LogP contribution in [0.5, 0.6) is 0 Å². The Bertz CT molecular complexity index is 616. The molecule has 0 aliphatic heterocycles. The second kappa shape index (κ2) is 7.52. The van der Waals surface area contributed by atoms with E-state index >= 15 is 0 Å². The Balaban J connectivity index is 1.77. The van der Waals surface area contributed by atoms with Gasteiger partial charge in [0.25, 0.3) is 5.91 Å². The van der Waals surface area contributed by atoms with Crippen LogP contribution in [0.1, 0.15) is 42.7 Å². The van der Waals surface area contributed by atoms with E-state index in [1.807, 2.05) is 0 Å². The smallest absolute Gasteiger partial charge is 0.433 e. The van der Waals surface area contributed by atoms with E-state index < -0.39 is 29.3 Å². The molecule has 2 rings (SSSR count). The summed E-state index contributed by atoms with van der Waals surface area (Å²) in [5, 5.41) is 12.6. The van der Waals surface area contributed by atoms with Gasteiger partial charge in [-0.1, -0.05) is 19.3 Å². The zero-order valence-corrected chi connectivity index (χ0v) is 12.3. The molecular formula is C14H16N2O7. The fraction of sp³-hybridized carbons (Fsp3) is 0.500. The Morgan fingerprint density at radius 1 is 1.26 bits per heavy atom. The van der Waals surface area contributed by atoms with Gasteiger partial charge < -0.3 is 9.15 Å². The number of nitrogens with zero attached hydrogens (tertiary/aromatic N) is 1. The Kier molecular flexibility index (Phi) is 5.45. The number of furan rings is 1. The summed E-state index contributed by atoms with van der Waals surface area (Å²) < 4.78 is 9.29. The lowest BCUT2D eigenvalue weighted by atomic mass is 9.89. The third kappa shape index (κ3) is 4.63. The minimum Gasteiger partial charge on any atom is -0.450 e. The predicted molar refractivity (Wildman–Crippen MR) is 75.4 cm³/mol. The van der Waals surface area contributed by atoms with Crippen molar-refractivity contribution in [3.8, 4) is 0 Å². The van der Waals surface area contributed by atoms with Gasteiger partial charge in [-0.05, 0) is 18.9 Å². The zero-order chi connectivity index (χ0) is 16.8. The van der Waals surface area contributed by atoms with Crippen molar-refractivity contribution in [1.82, 2.24) is 5.32 Å². The van der Waals surface area contributed by atoms with E-state index in [0.717, 1.165) is 44.2 Å². The number of esters is 1. The summed E-state index contributed by atoms with van der Waals surface area (Å²) in [4.78, 5) is 44.6. The molecule has 0 saturated heterocycles. The molecule has 1 aliphatic carbocycles. The third-order valence-corrected chi connectivity index (χ3v) is 3.55. The summed E-state index contributed by atoms with van der Waals surface area (Å²) >= 11 is 0. The fourth-order valence-electron chi connectivity index (χ4n) is 2.38. The van der Waals surface area contributed by atoms with E-state index in [0.29, 0.717) is 0 Å². The summed E-state index contributed by atoms with van der Waals surface area (Å²) in [6.07, 6.45) is 4.49. The van der Waals surface area contributed by atoms with Crippen molar-refractivity contribution >= 4 is 23.7 Å². The molecule has 1 aromatic heterocycles. The van der Waals surface area contributed by atoms with Gasteiger partial charge in [0.15, 0.2) is 6.61 Å². The molecule has 0 spiro atoms. The van der Waals surface area contributed by atoms with Crippen molar-refractivity contribution in [3.63, 3.8) is 0 Å². The number of hydrogen-bond donors (Lipinski definition) is 1. The molecule has 1 saturated carbocycles. The number of carbonyl (C=O) groups excluding carboxylic acids is 3. The van der Waals surface area contributed by atoms with Crippen LogP contribution >= 0.6 is 0 Å². The molecule has 0 atom stereocenters. The second-order valence-electron chi connectivity index (χ2n) is 5.22. The van der Waals surface area contributed by atoms with Crippen LogP contribution in [0.2, 0.25) is 0 Å². The van der Waals surface area contributed by atoms with Crippen LogP contribution in [-0.4, -0.2) is 29.3 Å². The van der Waals surface area contributed by atoms with Crippen LogP contribution in [0.4, 0.5) is 5.88 Å². The molecule has 1 heterocycles. The van der Waals surface area contributed by atoms with Gasteiger partial charge in [-0.2, -0.15) is 0 Å². The van der Waals surface area contributed by atoms with E-state index in [1.165, 1.54) is 0 Å². The molecule has 1 aliphatic rings. The number of rotatable bonds is 5. The molecule has 0 bridgehead atoms. The molecule has 9 nitrogen and oxygen atoms in total. The van der Waals surface area contributed by atoms with Crippen LogP contribution in [0.25, 0.3) is 0 Å². The quantitative estimate of drug-likeness (QED) is 0.494. The Labute approximate surface area is 131 Å². The molecule has 1 N–H and O–H groups in total. The molecular weight excluding hydrogens is 308 g/mol. The molecule has 9 heteroatoms. The minimum atomic E-state index is -1.02. The highest BCUT2D eigenvalue weighted by Crippen LogP contribution is 2.23. The molecule has 1 fully saturated rings. The number of amides is 2. The molecule has 0 unspecified atom stereocenters. The van der Waals surface area contributed by atoms with Gasteiger partial charge in [-0.15, -0.1) is 0 Å². The van der Waals surface area contributed by atoms with Gasteiger partial charge >= 0.3 is 11.9 Å². The number of carbonyl (C=O) groups is 3. The summed E-state index contributed by atoms with van der Waals surface area (Å²) in [7, 11) is 0. The van der Waals surface area contributed by atoms with Gasteiger partial charge in [0.05, 0.1) is 6.07 Å². The van der Waals surface area contributed by atoms with Gasteiger partial charge in [0, 0.05) is 5.92 Å². The normalized spacial score (nSPS) is 15.0. The monoisotopic (exact) mass is 324 g/mol. The first kappa shape index (κ1) is 16.7. The van der Waals surface area contributed by atoms with E-state index in [2.05, 4.69) is 14.5 Å². The number of nitro groups is 1. The van der Waals surface area contributed by atoms with E-state index in [4.69, 9.17) is 0 Å². The number of ether oxygens (including phenoxy) is 1. The maximum Gasteiger partial charge on any atom is 0.433 e. The topological polar surface area (TPSA) is 129 Å². The van der Waals surface area contributed by atoms with Crippen molar-refractivity contribution in [2.45, 2.75) is 32.1 Å². The van der Waals surface area contributed by atoms with Gasteiger partial charge in [0.1, 0.15) is 4.92 Å². The first-order chi connectivity index (χ1) is 11.0. The summed E-state index contributed by atoms with van der Waals surface area (Å²) in [6.45, 7) is -0.661. The summed E-state index contributed by atoms with van der Waals surface area (Å²) in [5.74, 6) is -3.29. The van der Waals surface area contributed by atoms with Gasteiger partial charge in [-0.3, -0.25) is 25.0 Å². The Hall–Kier alpha value is -2.71. The number of hydrogen-bond acceptors (Lipinski definition) is 7. The van der Waals surface area contributed by atoms with Crippen molar-refractivity contribution in [1.29, 1.82) is 0 Å². The highest BCUT2D eigenvalue weighted by molar-refractivity contribution is 5.98. The third-order valence-electron chi connectivity index (χ3n) is 3.55. The standard InChI is InChI=1S/C14H16N2O7/c17-11(15-13(18)9-4-2-1-3-5-9)8-22-14(19)10-6-7-12(23-10)16(20)21/h6-7,9H,1-5,8H2,(H,15,17,18). The fourth-order valence-corrected chi connectivity index (χ4v) is 2.38. The van der Waals surface area contributed by atoms with Crippen LogP contribution in [0.3, 0.4) is 0 Å². The highest BCUT2D eigenvalue weighted by atomic mass is 16.7. The second-order valence-corrected chi connectivity index (χ2v) is 5.22. The van der Waals surface area contributed by atoms with Gasteiger partial charge in [0.2, 0.25) is 11.7 Å². The molecule has 1 aromatic rings. The SMILES string of the molecule is O=C(COC(=O)c1ccc([N+](=O)[O-])o1)NC(=O)C1CCCCC1. The van der Waals surface area contributed by atoms with Gasteiger partial charge in [-0.25, -0.2) is 4.79 Å². The van der Waals surface area contributed by atoms with Crippen molar-refractivity contribution in [2.75, 3.05) is 6.61 Å². The highest BCUT2D eigenvalue weighted by Gasteiger charge is 2.24. The number of imide groups is 1. The Morgan fingerprint density at radius 2 is 1.96 bits per heavy atom. The molecule has 0 aromatic carbocycles. The predicted octanol–water partition coefficient (Wildman–Crippen LogP) is 1.57. The van der Waals surface area contributed by atoms with E-state index in [1.54, 1.807) is 0 Å². The maximum absolute atomic E-state index is 11.8. The average molecular weight is 324 g/mol. The van der Waals surface area contributed by atoms with Crippen LogP contribution in [-0.2, 0) is 14.3 Å². The van der Waals surface area contributed by atoms with E-state index in [-0.39, 0.29) is 17.6 Å². The van der Waals surface area contributed by atoms with Crippen LogP contribution < -0.4 is 5.32 Å². The molecule has 23 heavy (non-hydrogen) atoms. The lowest BCUT2D eigenvalue weighted by Gasteiger charge is -2.20. The first-order valence-electron chi connectivity index (χ1n) is 7.22. The zero-order valence-electron chi connectivity index (χ0n) is 12.3. The van der Waals surface area contributed by atoms with Crippen LogP contribution in [0.15, 0.2) is 16.5 Å². The van der Waals surface area contributed by atoms with E-state index in [9.17, 15) is 24.5 Å². The minimum absolute atomic E-state index is 0.184. The molecule has 2 amide bonds. The first-order valence-corrected chi connectivity index (χ1v) is 7.22. The van der Waals surface area contributed by atoms with Crippen molar-refractivity contribution in [3.05, 3.63) is 28.0 Å². The largest absolute Gasteiger partial charge is 0.450 e. The van der Waals surface area contributed by atoms with Crippen LogP contribution in [0, 0.1) is 16.0 Å². The molecule has 0 radical (unpaired) electrons. The maximum atomic E-state index is 11.8. The molecule has 124 valence electrons. The van der Waals surface area contributed by atoms with Crippen molar-refractivity contribution < 1.29 is 28.5 Å². The average Bonchev–Trinajstić information content (AvgIpc) is 3.03. The lowest BCUT2D eigenvalue weighted by molar-refractivity contribution is -0.402. The lowest BCUT2D eigenvalue weighted by Crippen LogP contribution is -2.38.